The van der Waals surface area contributed by atoms with Gasteiger partial charge in [0.1, 0.15) is 5.82 Å². The quantitative estimate of drug-likeness (QED) is 0.731. The second kappa shape index (κ2) is 3.70. The predicted molar refractivity (Wildman–Crippen MR) is 57.5 cm³/mol. The van der Waals surface area contributed by atoms with Crippen LogP contribution in [0.2, 0.25) is 0 Å². The third-order valence-corrected chi connectivity index (χ3v) is 2.58. The first kappa shape index (κ1) is 11.2. The molecule has 0 aliphatic rings. The number of hydrogen-bond donors (Lipinski definition) is 1. The highest BCUT2D eigenvalue weighted by Gasteiger charge is 2.24. The fourth-order valence-corrected chi connectivity index (χ4v) is 1.43. The summed E-state index contributed by atoms with van der Waals surface area (Å²) in [4.78, 5) is 0. The Bertz CT molecular complexity index is 326. The van der Waals surface area contributed by atoms with Crippen molar-refractivity contribution in [3.05, 3.63) is 35.1 Å². The van der Waals surface area contributed by atoms with E-state index in [1.807, 2.05) is 6.07 Å². The van der Waals surface area contributed by atoms with Gasteiger partial charge < -0.3 is 5.73 Å². The van der Waals surface area contributed by atoms with Crippen molar-refractivity contribution < 1.29 is 4.39 Å². The normalized spacial score (nSPS) is 14.1. The Balaban J connectivity index is 3.14. The summed E-state index contributed by atoms with van der Waals surface area (Å²) >= 11 is 0. The summed E-state index contributed by atoms with van der Waals surface area (Å²) in [7, 11) is 0. The van der Waals surface area contributed by atoms with Crippen molar-refractivity contribution in [2.75, 3.05) is 0 Å². The van der Waals surface area contributed by atoms with Crippen LogP contribution in [0.5, 0.6) is 0 Å². The van der Waals surface area contributed by atoms with E-state index in [9.17, 15) is 4.39 Å². The largest absolute Gasteiger partial charge is 0.324 e. The summed E-state index contributed by atoms with van der Waals surface area (Å²) < 4.78 is 13.3. The number of hydrogen-bond acceptors (Lipinski definition) is 1. The lowest BCUT2D eigenvalue weighted by Crippen LogP contribution is -2.27. The molecule has 1 rings (SSSR count). The van der Waals surface area contributed by atoms with Gasteiger partial charge in [0.15, 0.2) is 0 Å². The SMILES string of the molecule is Cc1c(F)cccc1[C@H](N)C(C)(C)C. The minimum absolute atomic E-state index is 0.0431. The third-order valence-electron chi connectivity index (χ3n) is 2.58. The lowest BCUT2D eigenvalue weighted by atomic mass is 9.81. The van der Waals surface area contributed by atoms with Crippen molar-refractivity contribution in [1.29, 1.82) is 0 Å². The van der Waals surface area contributed by atoms with Crippen LogP contribution in [0.1, 0.15) is 37.9 Å². The summed E-state index contributed by atoms with van der Waals surface area (Å²) in [5.74, 6) is -0.179. The minimum atomic E-state index is -0.179. The summed E-state index contributed by atoms with van der Waals surface area (Å²) in [6.07, 6.45) is 0. The molecular weight excluding hydrogens is 177 g/mol. The standard InChI is InChI=1S/C12H18FN/c1-8-9(6-5-7-10(8)13)11(14)12(2,3)4/h5-7,11H,14H2,1-4H3/t11-/m0/s1. The molecule has 0 aliphatic carbocycles. The molecule has 1 aromatic rings. The lowest BCUT2D eigenvalue weighted by molar-refractivity contribution is 0.325. The van der Waals surface area contributed by atoms with E-state index in [0.29, 0.717) is 5.56 Å². The highest BCUT2D eigenvalue weighted by molar-refractivity contribution is 5.30. The van der Waals surface area contributed by atoms with Gasteiger partial charge in [0.05, 0.1) is 0 Å². The third kappa shape index (κ3) is 2.13. The van der Waals surface area contributed by atoms with Gasteiger partial charge in [-0.05, 0) is 29.5 Å². The molecular formula is C12H18FN. The molecule has 0 amide bonds. The van der Waals surface area contributed by atoms with Crippen molar-refractivity contribution in [3.8, 4) is 0 Å². The average molecular weight is 195 g/mol. The molecule has 0 aromatic heterocycles. The van der Waals surface area contributed by atoms with Gasteiger partial charge in [0.2, 0.25) is 0 Å². The molecule has 1 atom stereocenters. The maximum Gasteiger partial charge on any atom is 0.126 e. The molecule has 0 aliphatic heterocycles. The fourth-order valence-electron chi connectivity index (χ4n) is 1.43. The predicted octanol–water partition coefficient (Wildman–Crippen LogP) is 3.18. The number of benzene rings is 1. The van der Waals surface area contributed by atoms with E-state index in [-0.39, 0.29) is 17.3 Å². The van der Waals surface area contributed by atoms with Crippen molar-refractivity contribution in [3.63, 3.8) is 0 Å². The van der Waals surface area contributed by atoms with Gasteiger partial charge in [-0.15, -0.1) is 0 Å². The van der Waals surface area contributed by atoms with Crippen molar-refractivity contribution in [2.24, 2.45) is 11.1 Å². The first-order valence-corrected chi connectivity index (χ1v) is 4.84. The maximum atomic E-state index is 13.3. The second-order valence-electron chi connectivity index (χ2n) is 4.80. The van der Waals surface area contributed by atoms with Crippen LogP contribution >= 0.6 is 0 Å². The molecule has 0 saturated carbocycles. The Labute approximate surface area is 85.1 Å². The number of halogens is 1. The summed E-state index contributed by atoms with van der Waals surface area (Å²) in [6.45, 7) is 7.95. The van der Waals surface area contributed by atoms with Gasteiger partial charge in [-0.25, -0.2) is 4.39 Å². The van der Waals surface area contributed by atoms with Crippen LogP contribution in [-0.2, 0) is 0 Å². The number of rotatable bonds is 1. The molecule has 0 heterocycles. The fraction of sp³-hybridized carbons (Fsp3) is 0.500. The highest BCUT2D eigenvalue weighted by Crippen LogP contribution is 2.32. The van der Waals surface area contributed by atoms with Crippen LogP contribution in [0.15, 0.2) is 18.2 Å². The smallest absolute Gasteiger partial charge is 0.126 e. The van der Waals surface area contributed by atoms with Crippen molar-refractivity contribution >= 4 is 0 Å². The Hall–Kier alpha value is -0.890. The average Bonchev–Trinajstić information content (AvgIpc) is 2.07. The van der Waals surface area contributed by atoms with E-state index in [4.69, 9.17) is 5.73 Å². The maximum absolute atomic E-state index is 13.3. The Morgan fingerprint density at radius 2 is 1.86 bits per heavy atom. The topological polar surface area (TPSA) is 26.0 Å². The van der Waals surface area contributed by atoms with Crippen LogP contribution in [0.4, 0.5) is 4.39 Å². The highest BCUT2D eigenvalue weighted by atomic mass is 19.1. The Kier molecular flexibility index (Phi) is 2.95. The molecule has 0 saturated heterocycles. The van der Waals surface area contributed by atoms with Crippen LogP contribution < -0.4 is 5.73 Å². The van der Waals surface area contributed by atoms with Gasteiger partial charge in [-0.1, -0.05) is 32.9 Å². The second-order valence-corrected chi connectivity index (χ2v) is 4.80. The van der Waals surface area contributed by atoms with Gasteiger partial charge in [0.25, 0.3) is 0 Å². The van der Waals surface area contributed by atoms with Crippen molar-refractivity contribution in [1.82, 2.24) is 0 Å². The molecule has 0 fully saturated rings. The zero-order chi connectivity index (χ0) is 10.9. The van der Waals surface area contributed by atoms with E-state index in [1.54, 1.807) is 13.0 Å². The van der Waals surface area contributed by atoms with E-state index in [2.05, 4.69) is 20.8 Å². The Morgan fingerprint density at radius 1 is 1.29 bits per heavy atom. The summed E-state index contributed by atoms with van der Waals surface area (Å²) in [5, 5.41) is 0. The lowest BCUT2D eigenvalue weighted by Gasteiger charge is -2.28. The summed E-state index contributed by atoms with van der Waals surface area (Å²) in [6, 6.07) is 4.95. The van der Waals surface area contributed by atoms with Crippen LogP contribution in [-0.4, -0.2) is 0 Å². The molecule has 14 heavy (non-hydrogen) atoms. The zero-order valence-electron chi connectivity index (χ0n) is 9.26. The molecule has 78 valence electrons. The van der Waals surface area contributed by atoms with Gasteiger partial charge >= 0.3 is 0 Å². The van der Waals surface area contributed by atoms with Gasteiger partial charge in [-0.2, -0.15) is 0 Å². The Morgan fingerprint density at radius 3 is 2.36 bits per heavy atom. The van der Waals surface area contributed by atoms with E-state index < -0.39 is 0 Å². The first-order chi connectivity index (χ1) is 6.34. The van der Waals surface area contributed by atoms with E-state index in [1.165, 1.54) is 6.07 Å². The minimum Gasteiger partial charge on any atom is -0.324 e. The monoisotopic (exact) mass is 195 g/mol. The molecule has 1 aromatic carbocycles. The summed E-state index contributed by atoms with van der Waals surface area (Å²) in [5.41, 5.74) is 7.59. The van der Waals surface area contributed by atoms with Crippen LogP contribution in [0.25, 0.3) is 0 Å². The van der Waals surface area contributed by atoms with E-state index >= 15 is 0 Å². The zero-order valence-corrected chi connectivity index (χ0v) is 9.26. The molecule has 0 spiro atoms. The van der Waals surface area contributed by atoms with E-state index in [0.717, 1.165) is 5.56 Å². The molecule has 1 nitrogen and oxygen atoms in total. The first-order valence-electron chi connectivity index (χ1n) is 4.84. The molecule has 0 unspecified atom stereocenters. The van der Waals surface area contributed by atoms with Gasteiger partial charge in [0, 0.05) is 6.04 Å². The van der Waals surface area contributed by atoms with Crippen molar-refractivity contribution in [2.45, 2.75) is 33.7 Å². The van der Waals surface area contributed by atoms with Gasteiger partial charge in [-0.3, -0.25) is 0 Å². The molecule has 0 radical (unpaired) electrons. The molecule has 2 N–H and O–H groups in total. The molecule has 0 bridgehead atoms. The van der Waals surface area contributed by atoms with Crippen LogP contribution in [0, 0.1) is 18.2 Å². The molecule has 2 heteroatoms. The van der Waals surface area contributed by atoms with Crippen LogP contribution in [0.3, 0.4) is 0 Å². The number of nitrogens with two attached hydrogens (primary N) is 1.